The Morgan fingerprint density at radius 2 is 2.12 bits per heavy atom. The third-order valence-corrected chi connectivity index (χ3v) is 7.44. The van der Waals surface area contributed by atoms with Crippen molar-refractivity contribution in [3.63, 3.8) is 0 Å². The number of methoxy groups -OCH3 is 1. The molecule has 0 saturated heterocycles. The van der Waals surface area contributed by atoms with Crippen LogP contribution in [0.15, 0.2) is 15.9 Å². The first kappa shape index (κ1) is 22.9. The van der Waals surface area contributed by atoms with E-state index in [4.69, 9.17) is 26.4 Å². The van der Waals surface area contributed by atoms with Gasteiger partial charge in [0.2, 0.25) is 18.4 Å². The van der Waals surface area contributed by atoms with Crippen molar-refractivity contribution >= 4 is 18.4 Å². The van der Waals surface area contributed by atoms with Crippen molar-refractivity contribution < 1.29 is 19.3 Å². The number of H-pyrrole nitrogens is 1. The van der Waals surface area contributed by atoms with Gasteiger partial charge in [0.25, 0.3) is 5.56 Å². The van der Waals surface area contributed by atoms with Crippen LogP contribution in [0, 0.1) is 4.77 Å². The lowest BCUT2D eigenvalue weighted by molar-refractivity contribution is 0.170. The molecule has 182 valence electrons. The number of nitrogens with one attached hydrogen (secondary N) is 1. The van der Waals surface area contributed by atoms with Gasteiger partial charge in [-0.25, -0.2) is 0 Å². The van der Waals surface area contributed by atoms with Crippen LogP contribution in [0.4, 0.5) is 0 Å². The second kappa shape index (κ2) is 9.42. The number of fused-ring (bicyclic) bond motifs is 2. The van der Waals surface area contributed by atoms with Gasteiger partial charge in [-0.2, -0.15) is 0 Å². The van der Waals surface area contributed by atoms with Crippen molar-refractivity contribution in [2.24, 2.45) is 4.99 Å². The van der Waals surface area contributed by atoms with E-state index in [9.17, 15) is 9.90 Å². The summed E-state index contributed by atoms with van der Waals surface area (Å²) in [6.45, 7) is 1.42. The summed E-state index contributed by atoms with van der Waals surface area (Å²) < 4.78 is 18.9. The maximum atomic E-state index is 12.6. The lowest BCUT2D eigenvalue weighted by Gasteiger charge is -2.35. The number of aromatic amines is 1. The van der Waals surface area contributed by atoms with Crippen LogP contribution in [0.25, 0.3) is 0 Å². The van der Waals surface area contributed by atoms with Crippen molar-refractivity contribution in [2.75, 3.05) is 34.0 Å². The van der Waals surface area contributed by atoms with Gasteiger partial charge in [-0.1, -0.05) is 19.3 Å². The summed E-state index contributed by atoms with van der Waals surface area (Å²) in [7, 11) is 3.67. The molecule has 0 spiro atoms. The maximum absolute atomic E-state index is 12.6. The fraction of sp³-hybridized carbons (Fsp3) is 0.542. The maximum Gasteiger partial charge on any atom is 0.264 e. The van der Waals surface area contributed by atoms with Gasteiger partial charge >= 0.3 is 0 Å². The van der Waals surface area contributed by atoms with Gasteiger partial charge in [0, 0.05) is 24.4 Å². The molecule has 2 aromatic rings. The van der Waals surface area contributed by atoms with Gasteiger partial charge in [-0.05, 0) is 50.2 Å². The Bertz CT molecular complexity index is 1230. The van der Waals surface area contributed by atoms with Crippen molar-refractivity contribution in [3.8, 4) is 23.1 Å². The van der Waals surface area contributed by atoms with E-state index < -0.39 is 5.56 Å². The number of hydrogen-bond acceptors (Lipinski definition) is 8. The Morgan fingerprint density at radius 3 is 2.88 bits per heavy atom. The zero-order valence-electron chi connectivity index (χ0n) is 19.5. The van der Waals surface area contributed by atoms with Crippen LogP contribution in [0.1, 0.15) is 60.9 Å². The minimum absolute atomic E-state index is 0.0747. The number of aliphatic imine (C=N–C) groups is 1. The van der Waals surface area contributed by atoms with Crippen molar-refractivity contribution in [3.05, 3.63) is 37.9 Å². The van der Waals surface area contributed by atoms with E-state index >= 15 is 0 Å². The van der Waals surface area contributed by atoms with Gasteiger partial charge in [0.15, 0.2) is 16.3 Å². The quantitative estimate of drug-likeness (QED) is 0.493. The highest BCUT2D eigenvalue weighted by molar-refractivity contribution is 7.71. The third-order valence-electron chi connectivity index (χ3n) is 7.14. The fourth-order valence-electron chi connectivity index (χ4n) is 5.35. The van der Waals surface area contributed by atoms with Crippen LogP contribution in [0.5, 0.6) is 23.1 Å². The largest absolute Gasteiger partial charge is 0.494 e. The molecule has 2 N–H and O–H groups in total. The molecule has 0 radical (unpaired) electrons. The predicted octanol–water partition coefficient (Wildman–Crippen LogP) is 3.50. The highest BCUT2D eigenvalue weighted by Gasteiger charge is 2.33. The molecule has 9 nitrogen and oxygen atoms in total. The van der Waals surface area contributed by atoms with Crippen LogP contribution >= 0.6 is 12.2 Å². The monoisotopic (exact) mass is 486 g/mol. The fourth-order valence-corrected chi connectivity index (χ4v) is 5.67. The Kier molecular flexibility index (Phi) is 6.35. The second-order valence-corrected chi connectivity index (χ2v) is 9.50. The average molecular weight is 487 g/mol. The summed E-state index contributed by atoms with van der Waals surface area (Å²) in [5.41, 5.74) is 1.87. The van der Waals surface area contributed by atoms with Crippen molar-refractivity contribution in [1.82, 2.24) is 14.5 Å². The summed E-state index contributed by atoms with van der Waals surface area (Å²) >= 11 is 5.37. The minimum Gasteiger partial charge on any atom is -0.494 e. The predicted molar refractivity (Wildman–Crippen MR) is 130 cm³/mol. The van der Waals surface area contributed by atoms with E-state index in [1.54, 1.807) is 11.7 Å². The molecule has 0 bridgehead atoms. The van der Waals surface area contributed by atoms with Crippen LogP contribution in [0.2, 0.25) is 0 Å². The Hall–Kier alpha value is -2.85. The molecule has 1 fully saturated rings. The third kappa shape index (κ3) is 3.98. The second-order valence-electron chi connectivity index (χ2n) is 9.12. The SMILES string of the molecule is COc1c2c(cc3c1[C@H](CN=Cc1c(O)n(C4CCCCC4)c(=S)[nH]c1=O)N(C)CC3)OCO2. The number of aromatic nitrogens is 2. The normalized spacial score (nSPS) is 20.6. The Balaban J connectivity index is 1.46. The van der Waals surface area contributed by atoms with Gasteiger partial charge in [0.05, 0.1) is 19.7 Å². The van der Waals surface area contributed by atoms with Gasteiger partial charge in [-0.3, -0.25) is 24.2 Å². The Labute approximate surface area is 203 Å². The summed E-state index contributed by atoms with van der Waals surface area (Å²) in [5, 5.41) is 11.0. The summed E-state index contributed by atoms with van der Waals surface area (Å²) in [5.74, 6) is 1.88. The average Bonchev–Trinajstić information content (AvgIpc) is 3.30. The molecule has 0 unspecified atom stereocenters. The number of benzene rings is 1. The van der Waals surface area contributed by atoms with E-state index in [-0.39, 0.29) is 35.1 Å². The molecule has 3 heterocycles. The zero-order valence-corrected chi connectivity index (χ0v) is 20.3. The Morgan fingerprint density at radius 1 is 1.32 bits per heavy atom. The van der Waals surface area contributed by atoms with E-state index in [2.05, 4.69) is 14.9 Å². The van der Waals surface area contributed by atoms with Crippen molar-refractivity contribution in [1.29, 1.82) is 0 Å². The van der Waals surface area contributed by atoms with Gasteiger partial charge in [-0.15, -0.1) is 0 Å². The number of likely N-dealkylation sites (N-methyl/N-ethyl adjacent to an activating group) is 1. The first-order valence-electron chi connectivity index (χ1n) is 11.8. The molecule has 1 atom stereocenters. The molecule has 2 aliphatic heterocycles. The van der Waals surface area contributed by atoms with Gasteiger partial charge < -0.3 is 19.3 Å². The van der Waals surface area contributed by atoms with Crippen LogP contribution in [-0.2, 0) is 6.42 Å². The number of rotatable bonds is 5. The van der Waals surface area contributed by atoms with Crippen LogP contribution in [0.3, 0.4) is 0 Å². The molecule has 5 rings (SSSR count). The zero-order chi connectivity index (χ0) is 23.8. The lowest BCUT2D eigenvalue weighted by atomic mass is 9.91. The van der Waals surface area contributed by atoms with Crippen LogP contribution in [-0.4, -0.2) is 59.8 Å². The van der Waals surface area contributed by atoms with E-state index in [0.717, 1.165) is 49.8 Å². The standard InChI is InChI=1S/C24H30N4O5S/c1-27-9-8-14-10-18-20(33-13-32-18)21(31-2)19(14)17(27)12-25-11-16-22(29)26-24(34)28(23(16)30)15-6-4-3-5-7-15/h10-11,15,17,30H,3-9,12-13H2,1-2H3,(H,26,29,34)/t17-/m0/s1. The lowest BCUT2D eigenvalue weighted by Crippen LogP contribution is -2.34. The molecule has 1 saturated carbocycles. The molecule has 10 heteroatoms. The highest BCUT2D eigenvalue weighted by Crippen LogP contribution is 2.49. The van der Waals surface area contributed by atoms with E-state index in [1.165, 1.54) is 12.6 Å². The highest BCUT2D eigenvalue weighted by atomic mass is 32.1. The summed E-state index contributed by atoms with van der Waals surface area (Å²) in [6, 6.07) is 2.04. The first-order valence-corrected chi connectivity index (χ1v) is 12.2. The molecule has 3 aliphatic rings. The topological polar surface area (TPSA) is 101 Å². The van der Waals surface area contributed by atoms with Gasteiger partial charge in [0.1, 0.15) is 5.56 Å². The molecule has 1 aromatic carbocycles. The van der Waals surface area contributed by atoms with E-state index in [0.29, 0.717) is 23.8 Å². The molecular weight excluding hydrogens is 456 g/mol. The van der Waals surface area contributed by atoms with Crippen molar-refractivity contribution in [2.45, 2.75) is 50.6 Å². The minimum atomic E-state index is -0.434. The molecule has 0 amide bonds. The number of hydrogen-bond donors (Lipinski definition) is 2. The number of nitrogens with zero attached hydrogens (tertiary/aromatic N) is 3. The summed E-state index contributed by atoms with van der Waals surface area (Å²) in [4.78, 5) is 22.1. The molecular formula is C24H30N4O5S. The van der Waals surface area contributed by atoms with E-state index in [1.807, 2.05) is 13.1 Å². The smallest absolute Gasteiger partial charge is 0.264 e. The number of ether oxygens (including phenoxy) is 3. The first-order chi connectivity index (χ1) is 16.5. The molecule has 1 aromatic heterocycles. The van der Waals surface area contributed by atoms with Crippen LogP contribution < -0.4 is 19.8 Å². The number of aromatic hydroxyl groups is 1. The summed E-state index contributed by atoms with van der Waals surface area (Å²) in [6.07, 6.45) is 7.55. The molecule has 34 heavy (non-hydrogen) atoms. The molecule has 1 aliphatic carbocycles.